The second-order valence-corrected chi connectivity index (χ2v) is 2.76. The van der Waals surface area contributed by atoms with Crippen LogP contribution < -0.4 is 15.2 Å². The van der Waals surface area contributed by atoms with Crippen molar-refractivity contribution in [2.45, 2.75) is 0 Å². The number of pyridine rings is 1. The van der Waals surface area contributed by atoms with Crippen molar-refractivity contribution in [3.05, 3.63) is 28.8 Å². The predicted octanol–water partition coefficient (Wildman–Crippen LogP) is 1.15. The Morgan fingerprint density at radius 3 is 2.94 bits per heavy atom. The molecule has 0 aliphatic rings. The van der Waals surface area contributed by atoms with Crippen molar-refractivity contribution in [1.82, 2.24) is 4.98 Å². The molecule has 1 aromatic heterocycles. The number of ether oxygens (including phenoxy) is 2. The van der Waals surface area contributed by atoms with Gasteiger partial charge in [0, 0.05) is 6.07 Å². The SMILES string of the molecule is C=CCOc1nc(OC)cc(N)c1[N+](=O)[O-]. The fourth-order valence-corrected chi connectivity index (χ4v) is 1.04. The van der Waals surface area contributed by atoms with Gasteiger partial charge in [-0.05, 0) is 0 Å². The van der Waals surface area contributed by atoms with Crippen LogP contribution in [0.2, 0.25) is 0 Å². The van der Waals surface area contributed by atoms with Crippen LogP contribution in [-0.2, 0) is 0 Å². The van der Waals surface area contributed by atoms with Crippen LogP contribution in [0.5, 0.6) is 11.8 Å². The zero-order valence-corrected chi connectivity index (χ0v) is 8.67. The van der Waals surface area contributed by atoms with E-state index in [9.17, 15) is 10.1 Å². The first-order chi connectivity index (χ1) is 7.60. The molecule has 86 valence electrons. The Morgan fingerprint density at radius 1 is 1.75 bits per heavy atom. The van der Waals surface area contributed by atoms with Crippen molar-refractivity contribution < 1.29 is 14.4 Å². The van der Waals surface area contributed by atoms with Crippen molar-refractivity contribution >= 4 is 11.4 Å². The summed E-state index contributed by atoms with van der Waals surface area (Å²) < 4.78 is 9.87. The van der Waals surface area contributed by atoms with E-state index in [1.54, 1.807) is 0 Å². The minimum absolute atomic E-state index is 0.0593. The first-order valence-corrected chi connectivity index (χ1v) is 4.32. The van der Waals surface area contributed by atoms with Gasteiger partial charge in [-0.1, -0.05) is 12.7 Å². The number of hydrogen-bond acceptors (Lipinski definition) is 6. The summed E-state index contributed by atoms with van der Waals surface area (Å²) in [5.74, 6) is -0.0242. The maximum Gasteiger partial charge on any atom is 0.353 e. The second kappa shape index (κ2) is 4.96. The summed E-state index contributed by atoms with van der Waals surface area (Å²) in [6.45, 7) is 3.53. The van der Waals surface area contributed by atoms with E-state index >= 15 is 0 Å². The smallest absolute Gasteiger partial charge is 0.353 e. The van der Waals surface area contributed by atoms with Gasteiger partial charge in [-0.2, -0.15) is 4.98 Å². The van der Waals surface area contributed by atoms with Crippen molar-refractivity contribution in [3.63, 3.8) is 0 Å². The molecule has 0 aliphatic heterocycles. The summed E-state index contributed by atoms with van der Waals surface area (Å²) in [5.41, 5.74) is 5.07. The van der Waals surface area contributed by atoms with Crippen molar-refractivity contribution in [1.29, 1.82) is 0 Å². The number of rotatable bonds is 5. The average Bonchev–Trinajstić information content (AvgIpc) is 2.24. The molecule has 0 saturated heterocycles. The highest BCUT2D eigenvalue weighted by Gasteiger charge is 2.23. The summed E-state index contributed by atoms with van der Waals surface area (Å²) >= 11 is 0. The van der Waals surface area contributed by atoms with E-state index in [1.807, 2.05) is 0 Å². The Hall–Kier alpha value is -2.31. The summed E-state index contributed by atoms with van der Waals surface area (Å²) in [6, 6.07) is 1.26. The van der Waals surface area contributed by atoms with E-state index in [4.69, 9.17) is 15.2 Å². The normalized spacial score (nSPS) is 9.56. The Kier molecular flexibility index (Phi) is 3.65. The number of nitrogens with zero attached hydrogens (tertiary/aromatic N) is 2. The van der Waals surface area contributed by atoms with Crippen LogP contribution in [0.25, 0.3) is 0 Å². The maximum atomic E-state index is 10.7. The molecule has 2 N–H and O–H groups in total. The lowest BCUT2D eigenvalue weighted by molar-refractivity contribution is -0.385. The lowest BCUT2D eigenvalue weighted by Crippen LogP contribution is -2.05. The summed E-state index contributed by atoms with van der Waals surface area (Å²) in [4.78, 5) is 13.9. The molecule has 1 rings (SSSR count). The Labute approximate surface area is 91.6 Å². The highest BCUT2D eigenvalue weighted by atomic mass is 16.6. The number of aromatic nitrogens is 1. The zero-order chi connectivity index (χ0) is 12.1. The third kappa shape index (κ3) is 2.38. The van der Waals surface area contributed by atoms with Crippen molar-refractivity contribution in [3.8, 4) is 11.8 Å². The van der Waals surface area contributed by atoms with Crippen LogP contribution in [0.1, 0.15) is 0 Å². The van der Waals surface area contributed by atoms with Crippen molar-refractivity contribution in [2.24, 2.45) is 0 Å². The molecule has 1 heterocycles. The predicted molar refractivity (Wildman–Crippen MR) is 57.5 cm³/mol. The van der Waals surface area contributed by atoms with Crippen LogP contribution in [0.4, 0.5) is 11.4 Å². The van der Waals surface area contributed by atoms with E-state index in [0.29, 0.717) is 0 Å². The third-order valence-corrected chi connectivity index (χ3v) is 1.70. The Bertz CT molecular complexity index is 419. The summed E-state index contributed by atoms with van der Waals surface area (Å²) in [6.07, 6.45) is 1.45. The molecular formula is C9H11N3O4. The zero-order valence-electron chi connectivity index (χ0n) is 8.67. The number of nitro groups is 1. The highest BCUT2D eigenvalue weighted by Crippen LogP contribution is 2.33. The fourth-order valence-electron chi connectivity index (χ4n) is 1.04. The van der Waals surface area contributed by atoms with Crippen molar-refractivity contribution in [2.75, 3.05) is 19.5 Å². The topological polar surface area (TPSA) is 101 Å². The molecule has 7 nitrogen and oxygen atoms in total. The van der Waals surface area contributed by atoms with E-state index in [1.165, 1.54) is 19.3 Å². The lowest BCUT2D eigenvalue weighted by Gasteiger charge is -2.07. The highest BCUT2D eigenvalue weighted by molar-refractivity contribution is 5.65. The number of nitrogens with two attached hydrogens (primary N) is 1. The molecule has 1 aromatic rings. The lowest BCUT2D eigenvalue weighted by atomic mass is 10.3. The van der Waals surface area contributed by atoms with Gasteiger partial charge in [-0.25, -0.2) is 0 Å². The number of methoxy groups -OCH3 is 1. The number of anilines is 1. The molecule has 0 spiro atoms. The molecule has 0 fully saturated rings. The van der Waals surface area contributed by atoms with E-state index in [2.05, 4.69) is 11.6 Å². The molecular weight excluding hydrogens is 214 g/mol. The number of nitrogen functional groups attached to an aromatic ring is 1. The Morgan fingerprint density at radius 2 is 2.44 bits per heavy atom. The number of hydrogen-bond donors (Lipinski definition) is 1. The minimum Gasteiger partial charge on any atom is -0.481 e. The first kappa shape index (κ1) is 11.8. The Balaban J connectivity index is 3.22. The molecule has 7 heteroatoms. The quantitative estimate of drug-likeness (QED) is 0.458. The van der Waals surface area contributed by atoms with Crippen LogP contribution in [0.3, 0.4) is 0 Å². The molecule has 16 heavy (non-hydrogen) atoms. The van der Waals surface area contributed by atoms with Crippen LogP contribution in [-0.4, -0.2) is 23.6 Å². The molecule has 0 atom stereocenters. The van der Waals surface area contributed by atoms with Crippen LogP contribution in [0.15, 0.2) is 18.7 Å². The molecule has 0 bridgehead atoms. The third-order valence-electron chi connectivity index (χ3n) is 1.70. The minimum atomic E-state index is -0.653. The second-order valence-electron chi connectivity index (χ2n) is 2.76. The average molecular weight is 225 g/mol. The summed E-state index contributed by atoms with van der Waals surface area (Å²) in [5, 5.41) is 10.7. The van der Waals surface area contributed by atoms with Gasteiger partial charge in [0.25, 0.3) is 5.88 Å². The van der Waals surface area contributed by atoms with E-state index < -0.39 is 4.92 Å². The molecule has 0 aromatic carbocycles. The molecule has 0 radical (unpaired) electrons. The largest absolute Gasteiger partial charge is 0.481 e. The van der Waals surface area contributed by atoms with Gasteiger partial charge < -0.3 is 15.2 Å². The molecule has 0 saturated carbocycles. The van der Waals surface area contributed by atoms with Crippen LogP contribution >= 0.6 is 0 Å². The molecule has 0 unspecified atom stereocenters. The maximum absolute atomic E-state index is 10.7. The monoisotopic (exact) mass is 225 g/mol. The summed E-state index contributed by atoms with van der Waals surface area (Å²) in [7, 11) is 1.38. The van der Waals surface area contributed by atoms with Gasteiger partial charge in [0.1, 0.15) is 12.3 Å². The van der Waals surface area contributed by atoms with E-state index in [0.717, 1.165) is 0 Å². The van der Waals surface area contributed by atoms with Gasteiger partial charge in [-0.3, -0.25) is 10.1 Å². The van der Waals surface area contributed by atoms with Gasteiger partial charge in [-0.15, -0.1) is 0 Å². The molecule has 0 aliphatic carbocycles. The molecule has 0 amide bonds. The van der Waals surface area contributed by atoms with Crippen LogP contribution in [0, 0.1) is 10.1 Å². The van der Waals surface area contributed by atoms with Gasteiger partial charge in [0.15, 0.2) is 0 Å². The van der Waals surface area contributed by atoms with E-state index in [-0.39, 0.29) is 29.7 Å². The van der Waals surface area contributed by atoms with Gasteiger partial charge >= 0.3 is 5.69 Å². The van der Waals surface area contributed by atoms with Gasteiger partial charge in [0.05, 0.1) is 12.0 Å². The standard InChI is InChI=1S/C9H11N3O4/c1-3-4-16-9-8(12(13)14)6(10)5-7(11-9)15-2/h3,5H,1,4H2,2H3,(H2,10,11). The fraction of sp³-hybridized carbons (Fsp3) is 0.222. The van der Waals surface area contributed by atoms with Gasteiger partial charge in [0.2, 0.25) is 5.88 Å². The first-order valence-electron chi connectivity index (χ1n) is 4.32.